The van der Waals surface area contributed by atoms with Crippen molar-refractivity contribution in [3.63, 3.8) is 0 Å². The van der Waals surface area contributed by atoms with Crippen LogP contribution in [0.4, 0.5) is 0 Å². The summed E-state index contributed by atoms with van der Waals surface area (Å²) in [5.41, 5.74) is 1.30. The summed E-state index contributed by atoms with van der Waals surface area (Å²) in [5, 5.41) is 2.82. The van der Waals surface area contributed by atoms with Gasteiger partial charge in [-0.3, -0.25) is 4.79 Å². The van der Waals surface area contributed by atoms with E-state index >= 15 is 0 Å². The second-order valence-electron chi connectivity index (χ2n) is 6.18. The monoisotopic (exact) mass is 420 g/mol. The Morgan fingerprint density at radius 1 is 0.966 bits per heavy atom. The van der Waals surface area contributed by atoms with Crippen molar-refractivity contribution in [3.05, 3.63) is 53.6 Å². The van der Waals surface area contributed by atoms with Crippen LogP contribution in [0.2, 0.25) is 0 Å². The Morgan fingerprint density at radius 3 is 2.38 bits per heavy atom. The molecule has 0 aromatic heterocycles. The van der Waals surface area contributed by atoms with Crippen LogP contribution in [0, 0.1) is 0 Å². The van der Waals surface area contributed by atoms with Crippen LogP contribution in [-0.2, 0) is 16.4 Å². The van der Waals surface area contributed by atoms with Gasteiger partial charge >= 0.3 is 0 Å². The van der Waals surface area contributed by atoms with Crippen LogP contribution >= 0.6 is 0 Å². The van der Waals surface area contributed by atoms with Crippen molar-refractivity contribution >= 4 is 15.9 Å². The molecule has 0 spiro atoms. The second-order valence-corrected chi connectivity index (χ2v) is 7.95. The van der Waals surface area contributed by atoms with Gasteiger partial charge in [0.25, 0.3) is 5.91 Å². The summed E-state index contributed by atoms with van der Waals surface area (Å²) in [6.07, 6.45) is 0.605. The molecule has 29 heavy (non-hydrogen) atoms. The molecule has 158 valence electrons. The van der Waals surface area contributed by atoms with E-state index in [1.807, 2.05) is 32.0 Å². The lowest BCUT2D eigenvalue weighted by molar-refractivity contribution is 0.0954. The van der Waals surface area contributed by atoms with Crippen molar-refractivity contribution in [2.45, 2.75) is 32.1 Å². The van der Waals surface area contributed by atoms with Gasteiger partial charge in [-0.05, 0) is 56.2 Å². The van der Waals surface area contributed by atoms with Gasteiger partial charge in [-0.1, -0.05) is 19.1 Å². The fourth-order valence-electron chi connectivity index (χ4n) is 2.75. The van der Waals surface area contributed by atoms with Gasteiger partial charge in [-0.2, -0.15) is 0 Å². The number of ether oxygens (including phenoxy) is 2. The van der Waals surface area contributed by atoms with E-state index in [2.05, 4.69) is 10.0 Å². The zero-order chi connectivity index (χ0) is 21.3. The lowest BCUT2D eigenvalue weighted by atomic mass is 10.1. The first-order valence-corrected chi connectivity index (χ1v) is 11.2. The lowest BCUT2D eigenvalue weighted by Gasteiger charge is -2.13. The van der Waals surface area contributed by atoms with Gasteiger partial charge in [-0.25, -0.2) is 13.1 Å². The van der Waals surface area contributed by atoms with Gasteiger partial charge in [0.1, 0.15) is 0 Å². The summed E-state index contributed by atoms with van der Waals surface area (Å²) in [6.45, 7) is 7.30. The summed E-state index contributed by atoms with van der Waals surface area (Å²) in [7, 11) is -3.60. The summed E-state index contributed by atoms with van der Waals surface area (Å²) in [6, 6.07) is 11.7. The van der Waals surface area contributed by atoms with Crippen LogP contribution in [-0.4, -0.2) is 40.6 Å². The molecule has 1 amide bonds. The first-order chi connectivity index (χ1) is 13.9. The Labute approximate surface area is 172 Å². The Kier molecular flexibility index (Phi) is 8.48. The molecule has 0 atom stereocenters. The molecule has 0 aliphatic rings. The minimum absolute atomic E-state index is 0.0693. The first-order valence-electron chi connectivity index (χ1n) is 9.67. The van der Waals surface area contributed by atoms with Crippen molar-refractivity contribution in [1.29, 1.82) is 0 Å². The largest absolute Gasteiger partial charge is 0.490 e. The van der Waals surface area contributed by atoms with E-state index in [0.29, 0.717) is 43.2 Å². The van der Waals surface area contributed by atoms with Crippen LogP contribution in [0.3, 0.4) is 0 Å². The quantitative estimate of drug-likeness (QED) is 0.583. The maximum Gasteiger partial charge on any atom is 0.251 e. The van der Waals surface area contributed by atoms with Crippen molar-refractivity contribution in [2.75, 3.05) is 26.3 Å². The maximum absolute atomic E-state index is 12.4. The molecule has 0 saturated heterocycles. The van der Waals surface area contributed by atoms with Gasteiger partial charge < -0.3 is 14.8 Å². The SMILES string of the molecule is CCNS(=O)(=O)c1cccc(C(=O)NCCc2ccc(OCC)c(OCC)c2)c1. The van der Waals surface area contributed by atoms with Gasteiger partial charge in [0, 0.05) is 18.7 Å². The third-order valence-corrected chi connectivity index (χ3v) is 5.59. The molecule has 0 heterocycles. The molecule has 0 radical (unpaired) electrons. The van der Waals surface area contributed by atoms with Crippen LogP contribution < -0.4 is 19.5 Å². The first kappa shape index (κ1) is 22.7. The normalized spacial score (nSPS) is 11.1. The molecular formula is C21H28N2O5S. The van der Waals surface area contributed by atoms with E-state index in [9.17, 15) is 13.2 Å². The summed E-state index contributed by atoms with van der Waals surface area (Å²) < 4.78 is 37.8. The average molecular weight is 421 g/mol. The highest BCUT2D eigenvalue weighted by molar-refractivity contribution is 7.89. The maximum atomic E-state index is 12.4. The summed E-state index contributed by atoms with van der Waals surface area (Å²) in [4.78, 5) is 12.5. The minimum atomic E-state index is -3.60. The molecule has 8 heteroatoms. The molecule has 0 unspecified atom stereocenters. The van der Waals surface area contributed by atoms with E-state index in [1.54, 1.807) is 19.1 Å². The van der Waals surface area contributed by atoms with Crippen LogP contribution in [0.25, 0.3) is 0 Å². The molecule has 0 aliphatic carbocycles. The zero-order valence-electron chi connectivity index (χ0n) is 17.0. The number of hydrogen-bond acceptors (Lipinski definition) is 5. The fraction of sp³-hybridized carbons (Fsp3) is 0.381. The number of amides is 1. The number of hydrogen-bond donors (Lipinski definition) is 2. The van der Waals surface area contributed by atoms with E-state index in [1.165, 1.54) is 12.1 Å². The predicted molar refractivity (Wildman–Crippen MR) is 112 cm³/mol. The number of carbonyl (C=O) groups is 1. The zero-order valence-corrected chi connectivity index (χ0v) is 17.8. The molecule has 7 nitrogen and oxygen atoms in total. The van der Waals surface area contributed by atoms with Crippen molar-refractivity contribution in [1.82, 2.24) is 10.0 Å². The summed E-state index contributed by atoms with van der Waals surface area (Å²) in [5.74, 6) is 1.05. The van der Waals surface area contributed by atoms with Crippen LogP contribution in [0.1, 0.15) is 36.7 Å². The molecule has 0 aliphatic heterocycles. The number of rotatable bonds is 11. The highest BCUT2D eigenvalue weighted by atomic mass is 32.2. The van der Waals surface area contributed by atoms with E-state index < -0.39 is 10.0 Å². The van der Waals surface area contributed by atoms with Crippen molar-refractivity contribution in [2.24, 2.45) is 0 Å². The fourth-order valence-corrected chi connectivity index (χ4v) is 3.84. The highest BCUT2D eigenvalue weighted by Crippen LogP contribution is 2.28. The number of sulfonamides is 1. The number of nitrogens with one attached hydrogen (secondary N) is 2. The van der Waals surface area contributed by atoms with E-state index in [0.717, 1.165) is 5.56 Å². The summed E-state index contributed by atoms with van der Waals surface area (Å²) >= 11 is 0. The smallest absolute Gasteiger partial charge is 0.251 e. The highest BCUT2D eigenvalue weighted by Gasteiger charge is 2.15. The van der Waals surface area contributed by atoms with E-state index in [4.69, 9.17) is 9.47 Å². The molecular weight excluding hydrogens is 392 g/mol. The Morgan fingerprint density at radius 2 is 1.69 bits per heavy atom. The second kappa shape index (κ2) is 10.8. The van der Waals surface area contributed by atoms with Crippen molar-refractivity contribution in [3.8, 4) is 11.5 Å². The topological polar surface area (TPSA) is 93.7 Å². The van der Waals surface area contributed by atoms with Gasteiger partial charge in [0.2, 0.25) is 10.0 Å². The molecule has 0 bridgehead atoms. The predicted octanol–water partition coefficient (Wildman–Crippen LogP) is 2.75. The molecule has 2 aromatic carbocycles. The Bertz CT molecular complexity index is 928. The average Bonchev–Trinajstić information content (AvgIpc) is 2.70. The van der Waals surface area contributed by atoms with Gasteiger partial charge in [0.05, 0.1) is 18.1 Å². The van der Waals surface area contributed by atoms with Crippen LogP contribution in [0.15, 0.2) is 47.4 Å². The molecule has 0 saturated carbocycles. The van der Waals surface area contributed by atoms with Crippen molar-refractivity contribution < 1.29 is 22.7 Å². The number of carbonyl (C=O) groups excluding carboxylic acids is 1. The lowest BCUT2D eigenvalue weighted by Crippen LogP contribution is -2.27. The van der Waals surface area contributed by atoms with Gasteiger partial charge in [0.15, 0.2) is 11.5 Å². The molecule has 2 aromatic rings. The Balaban J connectivity index is 2.00. The minimum Gasteiger partial charge on any atom is -0.490 e. The third kappa shape index (κ3) is 6.47. The number of benzene rings is 2. The third-order valence-electron chi connectivity index (χ3n) is 4.05. The standard InChI is InChI=1S/C21H28N2O5S/c1-4-23-29(25,26)18-9-7-8-17(15-18)21(24)22-13-12-16-10-11-19(27-5-2)20(14-16)28-6-3/h7-11,14-15,23H,4-6,12-13H2,1-3H3,(H,22,24). The molecule has 0 fully saturated rings. The van der Waals surface area contributed by atoms with E-state index in [-0.39, 0.29) is 17.3 Å². The van der Waals surface area contributed by atoms with Gasteiger partial charge in [-0.15, -0.1) is 0 Å². The Hall–Kier alpha value is -2.58. The molecule has 2 N–H and O–H groups in total. The molecule has 2 rings (SSSR count). The van der Waals surface area contributed by atoms with Crippen LogP contribution in [0.5, 0.6) is 11.5 Å².